The second kappa shape index (κ2) is 8.54. The van der Waals surface area contributed by atoms with Crippen molar-refractivity contribution < 1.29 is 13.2 Å². The molecule has 9 nitrogen and oxygen atoms in total. The normalized spacial score (nSPS) is 16.9. The van der Waals surface area contributed by atoms with E-state index in [-0.39, 0.29) is 17.2 Å². The van der Waals surface area contributed by atoms with Gasteiger partial charge in [0.15, 0.2) is 0 Å². The molecule has 1 fully saturated rings. The van der Waals surface area contributed by atoms with E-state index in [1.807, 2.05) is 31.3 Å². The van der Waals surface area contributed by atoms with Crippen molar-refractivity contribution in [3.05, 3.63) is 60.3 Å². The fourth-order valence-corrected chi connectivity index (χ4v) is 5.43. The summed E-state index contributed by atoms with van der Waals surface area (Å²) in [7, 11) is -1.53. The maximum Gasteiger partial charge on any atom is 0.243 e. The number of rotatable bonds is 4. The number of hydrogen-bond acceptors (Lipinski definition) is 7. The van der Waals surface area contributed by atoms with E-state index < -0.39 is 10.0 Å². The Morgan fingerprint density at radius 1 is 1.00 bits per heavy atom. The smallest absolute Gasteiger partial charge is 0.243 e. The highest BCUT2D eigenvalue weighted by Crippen LogP contribution is 2.33. The molecule has 1 saturated heterocycles. The Morgan fingerprint density at radius 2 is 1.73 bits per heavy atom. The first-order chi connectivity index (χ1) is 15.9. The predicted molar refractivity (Wildman–Crippen MR) is 126 cm³/mol. The molecule has 170 valence electrons. The second-order valence-electron chi connectivity index (χ2n) is 8.19. The number of fused-ring (bicyclic) bond motifs is 3. The van der Waals surface area contributed by atoms with E-state index in [9.17, 15) is 13.2 Å². The Bertz CT molecular complexity index is 1300. The van der Waals surface area contributed by atoms with Crippen molar-refractivity contribution >= 4 is 33.3 Å². The number of aromatic nitrogens is 2. The minimum Gasteiger partial charge on any atom is -0.325 e. The van der Waals surface area contributed by atoms with Crippen LogP contribution in [0.15, 0.2) is 59.6 Å². The summed E-state index contributed by atoms with van der Waals surface area (Å²) in [5, 5.41) is 6.04. The summed E-state index contributed by atoms with van der Waals surface area (Å²) in [5.74, 6) is 0.259. The van der Waals surface area contributed by atoms with Crippen LogP contribution in [0.5, 0.6) is 0 Å². The molecule has 10 heteroatoms. The van der Waals surface area contributed by atoms with Crippen LogP contribution in [0.1, 0.15) is 5.56 Å². The lowest BCUT2D eigenvalue weighted by Crippen LogP contribution is -2.46. The van der Waals surface area contributed by atoms with Gasteiger partial charge in [-0.05, 0) is 37.4 Å². The van der Waals surface area contributed by atoms with E-state index in [1.54, 1.807) is 30.5 Å². The minimum absolute atomic E-state index is 0.109. The molecule has 33 heavy (non-hydrogen) atoms. The molecule has 0 saturated carbocycles. The number of amides is 1. The molecule has 2 N–H and O–H groups in total. The quantitative estimate of drug-likeness (QED) is 0.610. The molecular formula is C23H24N6O3S. The number of anilines is 3. The molecule has 2 aliphatic heterocycles. The maximum atomic E-state index is 12.9. The lowest BCUT2D eigenvalue weighted by Gasteiger charge is -2.31. The molecule has 1 aromatic heterocycles. The summed E-state index contributed by atoms with van der Waals surface area (Å²) in [4.78, 5) is 23.6. The van der Waals surface area contributed by atoms with Crippen LogP contribution < -0.4 is 10.6 Å². The zero-order valence-electron chi connectivity index (χ0n) is 18.2. The third kappa shape index (κ3) is 4.32. The van der Waals surface area contributed by atoms with Crippen molar-refractivity contribution in [3.63, 3.8) is 0 Å². The van der Waals surface area contributed by atoms with Crippen molar-refractivity contribution in [1.82, 2.24) is 19.2 Å². The standard InChI is InChI=1S/C23H24N6O3S/c1-28-10-12-29(13-11-28)33(31,32)18-8-6-17(7-9-18)25-23-24-15-16-14-21(30)26-20-5-3-2-4-19(20)22(16)27-23/h2-9,15H,10-14H2,1H3,(H,26,30)(H,24,25,27). The summed E-state index contributed by atoms with van der Waals surface area (Å²) in [6.07, 6.45) is 1.85. The SMILES string of the molecule is CN1CCN(S(=O)(=O)c2ccc(Nc3ncc4c(n3)-c3ccccc3NC(=O)C4)cc2)CC1. The average Bonchev–Trinajstić information content (AvgIpc) is 2.95. The summed E-state index contributed by atoms with van der Waals surface area (Å²) < 4.78 is 27.4. The molecule has 3 heterocycles. The van der Waals surface area contributed by atoms with E-state index in [1.165, 1.54) is 4.31 Å². The average molecular weight is 465 g/mol. The Labute approximate surface area is 192 Å². The molecule has 3 aromatic rings. The van der Waals surface area contributed by atoms with Crippen LogP contribution >= 0.6 is 0 Å². The van der Waals surface area contributed by atoms with E-state index in [4.69, 9.17) is 0 Å². The van der Waals surface area contributed by atoms with Crippen molar-refractivity contribution in [2.75, 3.05) is 43.9 Å². The number of piperazine rings is 1. The predicted octanol–water partition coefficient (Wildman–Crippen LogP) is 2.32. The summed E-state index contributed by atoms with van der Waals surface area (Å²) in [5.41, 5.74) is 3.65. The second-order valence-corrected chi connectivity index (χ2v) is 10.1. The first-order valence-corrected chi connectivity index (χ1v) is 12.1. The summed E-state index contributed by atoms with van der Waals surface area (Å²) in [6, 6.07) is 14.1. The fourth-order valence-electron chi connectivity index (χ4n) is 4.01. The van der Waals surface area contributed by atoms with Gasteiger partial charge in [-0.2, -0.15) is 4.31 Å². The van der Waals surface area contributed by atoms with Gasteiger partial charge in [-0.25, -0.2) is 18.4 Å². The molecule has 0 radical (unpaired) electrons. The van der Waals surface area contributed by atoms with Crippen LogP contribution in [0.3, 0.4) is 0 Å². The van der Waals surface area contributed by atoms with Gasteiger partial charge >= 0.3 is 0 Å². The number of likely N-dealkylation sites (N-methyl/N-ethyl adjacent to an activating group) is 1. The third-order valence-electron chi connectivity index (χ3n) is 5.88. The molecule has 0 atom stereocenters. The Kier molecular flexibility index (Phi) is 5.57. The van der Waals surface area contributed by atoms with E-state index in [2.05, 4.69) is 25.5 Å². The van der Waals surface area contributed by atoms with Crippen molar-refractivity contribution in [2.45, 2.75) is 11.3 Å². The number of benzene rings is 2. The first-order valence-electron chi connectivity index (χ1n) is 10.7. The molecule has 2 aromatic carbocycles. The van der Waals surface area contributed by atoms with Crippen LogP contribution in [0.2, 0.25) is 0 Å². The third-order valence-corrected chi connectivity index (χ3v) is 7.80. The zero-order valence-corrected chi connectivity index (χ0v) is 19.0. The minimum atomic E-state index is -3.52. The van der Waals surface area contributed by atoms with Gasteiger partial charge in [0.25, 0.3) is 0 Å². The van der Waals surface area contributed by atoms with Crippen LogP contribution in [0.4, 0.5) is 17.3 Å². The Balaban J connectivity index is 1.38. The lowest BCUT2D eigenvalue weighted by molar-refractivity contribution is -0.115. The lowest BCUT2D eigenvalue weighted by atomic mass is 10.1. The number of hydrogen-bond donors (Lipinski definition) is 2. The molecular weight excluding hydrogens is 440 g/mol. The first kappa shape index (κ1) is 21.5. The molecule has 1 amide bonds. The largest absolute Gasteiger partial charge is 0.325 e. The van der Waals surface area contributed by atoms with Gasteiger partial charge in [0, 0.05) is 49.2 Å². The molecule has 0 spiro atoms. The summed E-state index contributed by atoms with van der Waals surface area (Å²) >= 11 is 0. The van der Waals surface area contributed by atoms with Gasteiger partial charge in [-0.1, -0.05) is 18.2 Å². The summed E-state index contributed by atoms with van der Waals surface area (Å²) in [6.45, 7) is 2.42. The number of carbonyl (C=O) groups excluding carboxylic acids is 1. The molecule has 0 unspecified atom stereocenters. The van der Waals surface area contributed by atoms with Crippen LogP contribution in [-0.2, 0) is 21.2 Å². The van der Waals surface area contributed by atoms with Gasteiger partial charge in [-0.15, -0.1) is 0 Å². The van der Waals surface area contributed by atoms with Gasteiger partial charge in [0.2, 0.25) is 21.9 Å². The number of sulfonamides is 1. The topological polar surface area (TPSA) is 108 Å². The highest BCUT2D eigenvalue weighted by atomic mass is 32.2. The Morgan fingerprint density at radius 3 is 2.48 bits per heavy atom. The number of nitrogens with zero attached hydrogens (tertiary/aromatic N) is 4. The highest BCUT2D eigenvalue weighted by Gasteiger charge is 2.27. The van der Waals surface area contributed by atoms with Crippen molar-refractivity contribution in [3.8, 4) is 11.3 Å². The van der Waals surface area contributed by atoms with Gasteiger partial charge in [-0.3, -0.25) is 4.79 Å². The molecule has 0 bridgehead atoms. The van der Waals surface area contributed by atoms with Gasteiger partial charge < -0.3 is 15.5 Å². The Hall–Kier alpha value is -3.34. The van der Waals surface area contributed by atoms with E-state index in [0.717, 1.165) is 24.2 Å². The number of para-hydroxylation sites is 1. The van der Waals surface area contributed by atoms with Crippen LogP contribution in [0.25, 0.3) is 11.3 Å². The van der Waals surface area contributed by atoms with Crippen molar-refractivity contribution in [2.24, 2.45) is 0 Å². The van der Waals surface area contributed by atoms with Crippen molar-refractivity contribution in [1.29, 1.82) is 0 Å². The highest BCUT2D eigenvalue weighted by molar-refractivity contribution is 7.89. The molecule has 5 rings (SSSR count). The fraction of sp³-hybridized carbons (Fsp3) is 0.261. The van der Waals surface area contributed by atoms with Crippen LogP contribution in [0, 0.1) is 0 Å². The van der Waals surface area contributed by atoms with E-state index >= 15 is 0 Å². The van der Waals surface area contributed by atoms with Gasteiger partial charge in [0.05, 0.1) is 22.7 Å². The molecule has 2 aliphatic rings. The molecule has 0 aliphatic carbocycles. The number of nitrogens with one attached hydrogen (secondary N) is 2. The van der Waals surface area contributed by atoms with Gasteiger partial charge in [0.1, 0.15) is 0 Å². The van der Waals surface area contributed by atoms with Crippen LogP contribution in [-0.4, -0.2) is 66.7 Å². The maximum absolute atomic E-state index is 12.9. The monoisotopic (exact) mass is 464 g/mol. The zero-order chi connectivity index (χ0) is 23.0. The van der Waals surface area contributed by atoms with E-state index in [0.29, 0.717) is 36.1 Å². The number of carbonyl (C=O) groups is 1.